The molecule has 2 nitrogen and oxygen atoms in total. The minimum Gasteiger partial charge on any atom is -0.248 e. The van der Waals surface area contributed by atoms with E-state index in [1.807, 2.05) is 18.2 Å². The summed E-state index contributed by atoms with van der Waals surface area (Å²) in [6.07, 6.45) is 1.61. The van der Waals surface area contributed by atoms with Gasteiger partial charge in [-0.2, -0.15) is 0 Å². The van der Waals surface area contributed by atoms with Crippen LogP contribution in [0.4, 0.5) is 0 Å². The van der Waals surface area contributed by atoms with Gasteiger partial charge in [-0.15, -0.1) is 0 Å². The molecule has 0 atom stereocenters. The Labute approximate surface area is 102 Å². The predicted octanol–water partition coefficient (Wildman–Crippen LogP) is 3.93. The highest BCUT2D eigenvalue weighted by Crippen LogP contribution is 2.25. The number of rotatable bonds is 2. The summed E-state index contributed by atoms with van der Waals surface area (Å²) in [5, 5.41) is 2.76. The highest BCUT2D eigenvalue weighted by atomic mass is 35.5. The molecule has 2 aromatic rings. The smallest absolute Gasteiger partial charge is 0.130 e. The lowest BCUT2D eigenvalue weighted by molar-refractivity contribution is 1.09. The Kier molecular flexibility index (Phi) is 3.46. The topological polar surface area (TPSA) is 25.8 Å². The Hall–Kier alpha value is -0.770. The average Bonchev–Trinajstić information content (AvgIpc) is 2.22. The Morgan fingerprint density at radius 1 is 1.00 bits per heavy atom. The number of halogens is 2. The van der Waals surface area contributed by atoms with Crippen molar-refractivity contribution in [1.82, 2.24) is 9.97 Å². The Morgan fingerprint density at radius 3 is 2.53 bits per heavy atom. The van der Waals surface area contributed by atoms with Crippen LogP contribution < -0.4 is 0 Å². The van der Waals surface area contributed by atoms with E-state index in [-0.39, 0.29) is 0 Å². The van der Waals surface area contributed by atoms with Crippen molar-refractivity contribution in [2.75, 3.05) is 0 Å². The first-order valence-corrected chi connectivity index (χ1v) is 5.73. The van der Waals surface area contributed by atoms with Crippen molar-refractivity contribution < 1.29 is 0 Å². The Morgan fingerprint density at radius 2 is 1.87 bits per heavy atom. The molecule has 0 fully saturated rings. The molecule has 2 heterocycles. The van der Waals surface area contributed by atoms with Gasteiger partial charge in [0.15, 0.2) is 0 Å². The fourth-order valence-electron chi connectivity index (χ4n) is 0.976. The van der Waals surface area contributed by atoms with E-state index >= 15 is 0 Å². The van der Waals surface area contributed by atoms with E-state index in [2.05, 4.69) is 9.97 Å². The minimum atomic E-state index is 0.481. The van der Waals surface area contributed by atoms with Crippen molar-refractivity contribution in [2.45, 2.75) is 10.1 Å². The van der Waals surface area contributed by atoms with Gasteiger partial charge in [0.2, 0.25) is 0 Å². The van der Waals surface area contributed by atoms with Gasteiger partial charge in [0, 0.05) is 6.20 Å². The normalized spacial score (nSPS) is 10.3. The largest absolute Gasteiger partial charge is 0.248 e. The molecule has 0 radical (unpaired) electrons. The van der Waals surface area contributed by atoms with Crippen LogP contribution in [0.1, 0.15) is 0 Å². The third-order valence-corrected chi connectivity index (χ3v) is 2.92. The van der Waals surface area contributed by atoms with Crippen molar-refractivity contribution in [3.63, 3.8) is 0 Å². The van der Waals surface area contributed by atoms with Crippen LogP contribution in [0.25, 0.3) is 0 Å². The summed E-state index contributed by atoms with van der Waals surface area (Å²) in [7, 11) is 0. The second-order valence-corrected chi connectivity index (χ2v) is 4.58. The molecule has 15 heavy (non-hydrogen) atoms. The summed E-state index contributed by atoms with van der Waals surface area (Å²) in [5.74, 6) is 0. The first-order chi connectivity index (χ1) is 7.24. The zero-order valence-electron chi connectivity index (χ0n) is 7.52. The number of aromatic nitrogens is 2. The first-order valence-electron chi connectivity index (χ1n) is 4.16. The minimum absolute atomic E-state index is 0.481. The molecule has 0 aliphatic heterocycles. The fraction of sp³-hybridized carbons (Fsp3) is 0. The second-order valence-electron chi connectivity index (χ2n) is 2.72. The van der Waals surface area contributed by atoms with Gasteiger partial charge in [0.05, 0.1) is 5.02 Å². The van der Waals surface area contributed by atoms with Crippen molar-refractivity contribution in [2.24, 2.45) is 0 Å². The molecule has 0 N–H and O–H groups in total. The number of hydrogen-bond donors (Lipinski definition) is 0. The average molecular weight is 257 g/mol. The third kappa shape index (κ3) is 3.09. The number of hydrogen-bond acceptors (Lipinski definition) is 3. The number of nitrogens with zero attached hydrogens (tertiary/aromatic N) is 2. The van der Waals surface area contributed by atoms with E-state index in [4.69, 9.17) is 23.2 Å². The van der Waals surface area contributed by atoms with E-state index < -0.39 is 0 Å². The van der Waals surface area contributed by atoms with Crippen LogP contribution in [0.15, 0.2) is 46.6 Å². The number of pyridine rings is 2. The maximum Gasteiger partial charge on any atom is 0.130 e. The first kappa shape index (κ1) is 10.7. The van der Waals surface area contributed by atoms with Crippen LogP contribution in [-0.2, 0) is 0 Å². The molecule has 2 rings (SSSR count). The second kappa shape index (κ2) is 4.84. The van der Waals surface area contributed by atoms with Gasteiger partial charge >= 0.3 is 0 Å². The molecule has 0 spiro atoms. The Balaban J connectivity index is 2.18. The standard InChI is InChI=1S/C10H6Cl2N2S/c11-7-4-5-9(13-6-7)15-10-3-1-2-8(12)14-10/h1-6H. The predicted molar refractivity (Wildman–Crippen MR) is 62.6 cm³/mol. The van der Waals surface area contributed by atoms with Crippen molar-refractivity contribution in [1.29, 1.82) is 0 Å². The lowest BCUT2D eigenvalue weighted by atomic mass is 10.5. The molecule has 0 aromatic carbocycles. The summed E-state index contributed by atoms with van der Waals surface area (Å²) in [4.78, 5) is 8.30. The van der Waals surface area contributed by atoms with Crippen molar-refractivity contribution >= 4 is 35.0 Å². The Bertz CT molecular complexity index is 459. The summed E-state index contributed by atoms with van der Waals surface area (Å²) in [6, 6.07) is 9.11. The van der Waals surface area contributed by atoms with Gasteiger partial charge < -0.3 is 0 Å². The van der Waals surface area contributed by atoms with Gasteiger partial charge in [-0.1, -0.05) is 41.0 Å². The highest BCUT2D eigenvalue weighted by Gasteiger charge is 2.00. The zero-order valence-corrected chi connectivity index (χ0v) is 9.85. The molecule has 0 aliphatic rings. The van der Waals surface area contributed by atoms with Gasteiger partial charge in [-0.3, -0.25) is 0 Å². The van der Waals surface area contributed by atoms with Gasteiger partial charge in [-0.25, -0.2) is 9.97 Å². The molecule has 0 saturated heterocycles. The maximum atomic E-state index is 5.77. The van der Waals surface area contributed by atoms with E-state index in [1.165, 1.54) is 11.8 Å². The summed E-state index contributed by atoms with van der Waals surface area (Å²) < 4.78 is 0. The van der Waals surface area contributed by atoms with Crippen LogP contribution in [-0.4, -0.2) is 9.97 Å². The molecule has 0 amide bonds. The third-order valence-electron chi connectivity index (χ3n) is 1.60. The van der Waals surface area contributed by atoms with Crippen LogP contribution in [0, 0.1) is 0 Å². The molecule has 76 valence electrons. The van der Waals surface area contributed by atoms with E-state index in [9.17, 15) is 0 Å². The van der Waals surface area contributed by atoms with Crippen LogP contribution in [0.5, 0.6) is 0 Å². The summed E-state index contributed by atoms with van der Waals surface area (Å²) in [6.45, 7) is 0. The van der Waals surface area contributed by atoms with Gasteiger partial charge in [0.25, 0.3) is 0 Å². The molecule has 0 unspecified atom stereocenters. The SMILES string of the molecule is Clc1ccc(Sc2cccc(Cl)n2)nc1. The molecule has 5 heteroatoms. The zero-order chi connectivity index (χ0) is 10.7. The highest BCUT2D eigenvalue weighted by molar-refractivity contribution is 7.99. The molecule has 0 saturated carbocycles. The molecule has 2 aromatic heterocycles. The monoisotopic (exact) mass is 256 g/mol. The van der Waals surface area contributed by atoms with E-state index in [1.54, 1.807) is 18.3 Å². The fourth-order valence-corrected chi connectivity index (χ4v) is 2.05. The molecular weight excluding hydrogens is 251 g/mol. The molecule has 0 aliphatic carbocycles. The molecular formula is C10H6Cl2N2S. The van der Waals surface area contributed by atoms with Crippen molar-refractivity contribution in [3.8, 4) is 0 Å². The molecule has 0 bridgehead atoms. The van der Waals surface area contributed by atoms with E-state index in [0.29, 0.717) is 10.2 Å². The summed E-state index contributed by atoms with van der Waals surface area (Å²) in [5.41, 5.74) is 0. The van der Waals surface area contributed by atoms with Crippen LogP contribution in [0.2, 0.25) is 10.2 Å². The van der Waals surface area contributed by atoms with Gasteiger partial charge in [-0.05, 0) is 24.3 Å². The van der Waals surface area contributed by atoms with E-state index in [0.717, 1.165) is 10.1 Å². The van der Waals surface area contributed by atoms with Crippen LogP contribution in [0.3, 0.4) is 0 Å². The lowest BCUT2D eigenvalue weighted by Gasteiger charge is -1.99. The lowest BCUT2D eigenvalue weighted by Crippen LogP contribution is -1.82. The van der Waals surface area contributed by atoms with Crippen molar-refractivity contribution in [3.05, 3.63) is 46.7 Å². The quantitative estimate of drug-likeness (QED) is 0.762. The van der Waals surface area contributed by atoms with Gasteiger partial charge in [0.1, 0.15) is 15.2 Å². The van der Waals surface area contributed by atoms with Crippen LogP contribution >= 0.6 is 35.0 Å². The maximum absolute atomic E-state index is 5.77. The summed E-state index contributed by atoms with van der Waals surface area (Å²) >= 11 is 12.9.